The topological polar surface area (TPSA) is 64.9 Å². The number of likely N-dealkylation sites (tertiary alicyclic amines) is 1. The molecule has 1 aromatic heterocycles. The Hall–Kier alpha value is -2.28. The maximum absolute atomic E-state index is 13.6. The van der Waals surface area contributed by atoms with E-state index < -0.39 is 11.6 Å². The average Bonchev–Trinajstić information content (AvgIpc) is 3.33. The molecule has 1 aromatic carbocycles. The summed E-state index contributed by atoms with van der Waals surface area (Å²) in [5.41, 5.74) is 6.18. The van der Waals surface area contributed by atoms with Crippen molar-refractivity contribution in [1.29, 1.82) is 0 Å². The van der Waals surface area contributed by atoms with Crippen molar-refractivity contribution in [2.24, 2.45) is 4.99 Å². The van der Waals surface area contributed by atoms with E-state index >= 15 is 0 Å². The zero-order chi connectivity index (χ0) is 21.5. The Morgan fingerprint density at radius 2 is 2.10 bits per heavy atom. The summed E-state index contributed by atoms with van der Waals surface area (Å²) >= 11 is 1.59. The van der Waals surface area contributed by atoms with Gasteiger partial charge in [0.1, 0.15) is 0 Å². The molecule has 5 nitrogen and oxygen atoms in total. The summed E-state index contributed by atoms with van der Waals surface area (Å²) < 4.78 is 0. The third-order valence-corrected chi connectivity index (χ3v) is 6.97. The van der Waals surface area contributed by atoms with Crippen LogP contribution in [0.2, 0.25) is 0 Å². The summed E-state index contributed by atoms with van der Waals surface area (Å²) in [5, 5.41) is 17.6. The molecule has 0 saturated carbocycles. The molecule has 0 bridgehead atoms. The number of β-amino-alcohol motifs (C(OH)–C–C–N with tert-alkyl or cyclic N) is 1. The molecule has 2 unspecified atom stereocenters. The van der Waals surface area contributed by atoms with E-state index in [0.717, 1.165) is 53.0 Å². The van der Waals surface area contributed by atoms with Crippen molar-refractivity contribution >= 4 is 34.2 Å². The summed E-state index contributed by atoms with van der Waals surface area (Å²) in [7, 11) is 1.81. The molecule has 2 aliphatic heterocycles. The Kier molecular flexibility index (Phi) is 5.66. The average molecular weight is 424 g/mol. The predicted molar refractivity (Wildman–Crippen MR) is 124 cm³/mol. The summed E-state index contributed by atoms with van der Waals surface area (Å²) in [6.07, 6.45) is 1.23. The number of nitrogens with one attached hydrogen (secondary N) is 1. The van der Waals surface area contributed by atoms with Gasteiger partial charge in [0, 0.05) is 42.7 Å². The van der Waals surface area contributed by atoms with Crippen LogP contribution in [-0.2, 0) is 10.3 Å². The Morgan fingerprint density at radius 3 is 2.73 bits per heavy atom. The molecule has 158 valence electrons. The van der Waals surface area contributed by atoms with Crippen molar-refractivity contribution in [3.8, 4) is 0 Å². The lowest BCUT2D eigenvalue weighted by Crippen LogP contribution is -2.56. The number of amides is 1. The Morgan fingerprint density at radius 1 is 1.30 bits per heavy atom. The number of nitrogens with zero attached hydrogens (tertiary/aromatic N) is 2. The largest absolute Gasteiger partial charge is 0.392 e. The van der Waals surface area contributed by atoms with E-state index in [0.29, 0.717) is 6.54 Å². The molecule has 2 atom stereocenters. The third kappa shape index (κ3) is 3.23. The van der Waals surface area contributed by atoms with Crippen LogP contribution in [0, 0.1) is 0 Å². The molecule has 0 aliphatic carbocycles. The van der Waals surface area contributed by atoms with E-state index in [-0.39, 0.29) is 5.91 Å². The maximum atomic E-state index is 13.6. The van der Waals surface area contributed by atoms with Crippen molar-refractivity contribution < 1.29 is 9.90 Å². The van der Waals surface area contributed by atoms with E-state index in [9.17, 15) is 9.90 Å². The molecular weight excluding hydrogens is 394 g/mol. The van der Waals surface area contributed by atoms with Crippen LogP contribution >= 0.6 is 11.3 Å². The lowest BCUT2D eigenvalue weighted by atomic mass is 9.80. The molecule has 2 N–H and O–H groups in total. The first-order valence-electron chi connectivity index (χ1n) is 10.4. The van der Waals surface area contributed by atoms with Crippen LogP contribution in [0.4, 0.5) is 5.69 Å². The first kappa shape index (κ1) is 21.0. The zero-order valence-electron chi connectivity index (χ0n) is 18.0. The predicted octanol–water partition coefficient (Wildman–Crippen LogP) is 4.28. The van der Waals surface area contributed by atoms with Gasteiger partial charge in [-0.05, 0) is 73.7 Å². The Bertz CT molecular complexity index is 1020. The van der Waals surface area contributed by atoms with Crippen LogP contribution in [0.5, 0.6) is 0 Å². The van der Waals surface area contributed by atoms with Crippen LogP contribution < -0.4 is 5.32 Å². The quantitative estimate of drug-likeness (QED) is 0.721. The first-order chi connectivity index (χ1) is 14.4. The highest BCUT2D eigenvalue weighted by Gasteiger charge is 2.53. The van der Waals surface area contributed by atoms with E-state index in [1.807, 2.05) is 31.5 Å². The number of aliphatic hydroxyl groups excluding tert-OH is 1. The smallest absolute Gasteiger partial charge is 0.254 e. The number of piperidine rings is 1. The Balaban J connectivity index is 1.95. The monoisotopic (exact) mass is 423 g/mol. The SMILES string of the molecule is C/N=C(/C)C(=C(C)C)c1ccc2c(c1)C(c1ccsc1)(N1CCCC(O)C1)C(=O)N2. The summed E-state index contributed by atoms with van der Waals surface area (Å²) in [4.78, 5) is 20.2. The lowest BCUT2D eigenvalue weighted by molar-refractivity contribution is -0.127. The minimum Gasteiger partial charge on any atom is -0.392 e. The van der Waals surface area contributed by atoms with Gasteiger partial charge >= 0.3 is 0 Å². The van der Waals surface area contributed by atoms with Crippen molar-refractivity contribution in [3.63, 3.8) is 0 Å². The number of allylic oxidation sites excluding steroid dienone is 2. The molecule has 0 spiro atoms. The van der Waals surface area contributed by atoms with Crippen molar-refractivity contribution in [2.45, 2.75) is 45.3 Å². The van der Waals surface area contributed by atoms with Gasteiger partial charge in [0.05, 0.1) is 6.10 Å². The second-order valence-corrected chi connectivity index (χ2v) is 9.14. The molecule has 1 fully saturated rings. The fourth-order valence-electron chi connectivity index (χ4n) is 4.93. The number of carbonyl (C=O) groups is 1. The second kappa shape index (κ2) is 8.10. The van der Waals surface area contributed by atoms with Gasteiger partial charge in [-0.15, -0.1) is 0 Å². The normalized spacial score (nSPS) is 24.5. The highest BCUT2D eigenvalue weighted by atomic mass is 32.1. The second-order valence-electron chi connectivity index (χ2n) is 8.36. The lowest BCUT2D eigenvalue weighted by Gasteiger charge is -2.43. The highest BCUT2D eigenvalue weighted by molar-refractivity contribution is 7.08. The first-order valence-corrected chi connectivity index (χ1v) is 11.4. The molecule has 30 heavy (non-hydrogen) atoms. The van der Waals surface area contributed by atoms with E-state index in [1.54, 1.807) is 11.3 Å². The number of rotatable bonds is 4. The molecular formula is C24H29N3O2S. The minimum atomic E-state index is -0.920. The van der Waals surface area contributed by atoms with E-state index in [2.05, 4.69) is 46.6 Å². The number of aliphatic imine (C=N–C) groups is 1. The number of hydrogen-bond donors (Lipinski definition) is 2. The van der Waals surface area contributed by atoms with Gasteiger partial charge in [-0.3, -0.25) is 14.7 Å². The number of thiophene rings is 1. The van der Waals surface area contributed by atoms with Gasteiger partial charge < -0.3 is 10.4 Å². The molecule has 6 heteroatoms. The molecule has 1 saturated heterocycles. The van der Waals surface area contributed by atoms with Gasteiger partial charge in [0.15, 0.2) is 5.54 Å². The van der Waals surface area contributed by atoms with Crippen LogP contribution in [0.1, 0.15) is 50.3 Å². The minimum absolute atomic E-state index is 0.0400. The molecule has 2 aliphatic rings. The summed E-state index contributed by atoms with van der Waals surface area (Å²) in [6, 6.07) is 8.24. The molecule has 2 aromatic rings. The van der Waals surface area contributed by atoms with Crippen molar-refractivity contribution in [3.05, 3.63) is 57.3 Å². The van der Waals surface area contributed by atoms with Crippen LogP contribution in [-0.4, -0.2) is 47.9 Å². The van der Waals surface area contributed by atoms with E-state index in [4.69, 9.17) is 0 Å². The van der Waals surface area contributed by atoms with Gasteiger partial charge in [-0.2, -0.15) is 11.3 Å². The van der Waals surface area contributed by atoms with Crippen LogP contribution in [0.25, 0.3) is 5.57 Å². The number of carbonyl (C=O) groups excluding carboxylic acids is 1. The van der Waals surface area contributed by atoms with Crippen LogP contribution in [0.15, 0.2) is 45.6 Å². The number of benzene rings is 1. The van der Waals surface area contributed by atoms with E-state index in [1.165, 1.54) is 5.57 Å². The number of hydrogen-bond acceptors (Lipinski definition) is 5. The van der Waals surface area contributed by atoms with Gasteiger partial charge in [-0.25, -0.2) is 0 Å². The number of anilines is 1. The summed E-state index contributed by atoms with van der Waals surface area (Å²) in [5.74, 6) is -0.0400. The van der Waals surface area contributed by atoms with Crippen molar-refractivity contribution in [1.82, 2.24) is 4.90 Å². The molecule has 0 radical (unpaired) electrons. The van der Waals surface area contributed by atoms with Gasteiger partial charge in [-0.1, -0.05) is 11.6 Å². The molecule has 3 heterocycles. The van der Waals surface area contributed by atoms with Gasteiger partial charge in [0.25, 0.3) is 5.91 Å². The third-order valence-electron chi connectivity index (χ3n) is 6.28. The Labute approximate surface area is 182 Å². The number of fused-ring (bicyclic) bond motifs is 1. The maximum Gasteiger partial charge on any atom is 0.254 e. The van der Waals surface area contributed by atoms with Crippen molar-refractivity contribution in [2.75, 3.05) is 25.5 Å². The fraction of sp³-hybridized carbons (Fsp3) is 0.417. The zero-order valence-corrected chi connectivity index (χ0v) is 18.8. The molecule has 1 amide bonds. The van der Waals surface area contributed by atoms with Crippen LogP contribution in [0.3, 0.4) is 0 Å². The highest BCUT2D eigenvalue weighted by Crippen LogP contribution is 2.48. The fourth-order valence-corrected chi connectivity index (χ4v) is 5.63. The molecule has 4 rings (SSSR count). The standard InChI is InChI=1S/C24H29N3O2S/c1-15(2)22(16(3)25-4)17-7-8-21-20(12-17)24(23(29)26-21,18-9-11-30-14-18)27-10-5-6-19(28)13-27/h7-9,11-12,14,19,28H,5-6,10,13H2,1-4H3,(H,26,29)/b25-16-. The number of aliphatic hydroxyl groups is 1. The van der Waals surface area contributed by atoms with Gasteiger partial charge in [0.2, 0.25) is 0 Å². The summed E-state index contributed by atoms with van der Waals surface area (Å²) in [6.45, 7) is 7.46.